The Morgan fingerprint density at radius 1 is 1.00 bits per heavy atom. The molecule has 15 heavy (non-hydrogen) atoms. The SMILES string of the molecule is Clc1ccccc1.N=C=O.N=C=O.O=[PH3]. The van der Waals surface area contributed by atoms with E-state index in [1.165, 1.54) is 0 Å². The Morgan fingerprint density at radius 3 is 1.40 bits per heavy atom. The van der Waals surface area contributed by atoms with Crippen molar-refractivity contribution < 1.29 is 14.2 Å². The Hall–Kier alpha value is -1.50. The Balaban J connectivity index is -0.000000154. The number of hydrogen-bond donors (Lipinski definition) is 2. The lowest BCUT2D eigenvalue weighted by atomic mass is 10.4. The van der Waals surface area contributed by atoms with Gasteiger partial charge >= 0.3 is 0 Å². The zero-order valence-corrected chi connectivity index (χ0v) is 9.87. The quantitative estimate of drug-likeness (QED) is 0.418. The highest BCUT2D eigenvalue weighted by Crippen LogP contribution is 2.03. The number of benzene rings is 1. The molecule has 7 heteroatoms. The van der Waals surface area contributed by atoms with E-state index in [0.29, 0.717) is 9.12 Å². The van der Waals surface area contributed by atoms with E-state index in [0.717, 1.165) is 17.2 Å². The number of nitrogens with one attached hydrogen (secondary N) is 2. The lowest BCUT2D eigenvalue weighted by molar-refractivity contribution is 0.562. The summed E-state index contributed by atoms with van der Waals surface area (Å²) in [5.41, 5.74) is 0. The maximum absolute atomic E-state index is 8.35. The summed E-state index contributed by atoms with van der Waals surface area (Å²) in [5.74, 6) is 0. The van der Waals surface area contributed by atoms with Crippen molar-refractivity contribution in [2.24, 2.45) is 0 Å². The molecule has 1 aromatic carbocycles. The number of carbonyl (C=O) groups excluding carboxylic acids is 2. The fraction of sp³-hybridized carbons (Fsp3) is 0. The average Bonchev–Trinajstić information content (AvgIpc) is 2.24. The van der Waals surface area contributed by atoms with Crippen LogP contribution < -0.4 is 0 Å². The molecule has 0 aromatic heterocycles. The minimum absolute atomic E-state index is 0.611. The molecule has 1 rings (SSSR count). The first-order chi connectivity index (χ1) is 7.22. The second-order valence-corrected chi connectivity index (χ2v) is 1.94. The number of isocyanates is 2. The van der Waals surface area contributed by atoms with Gasteiger partial charge in [0.15, 0.2) is 0 Å². The van der Waals surface area contributed by atoms with Crippen LogP contribution in [0.5, 0.6) is 0 Å². The summed E-state index contributed by atoms with van der Waals surface area (Å²) in [4.78, 5) is 16.7. The molecule has 0 saturated carbocycles. The molecular weight excluding hydrogens is 239 g/mol. The number of rotatable bonds is 0. The first-order valence-electron chi connectivity index (χ1n) is 3.30. The highest BCUT2D eigenvalue weighted by molar-refractivity contribution is 7.00. The van der Waals surface area contributed by atoms with Crippen LogP contribution in [0.3, 0.4) is 0 Å². The molecule has 0 saturated heterocycles. The molecule has 0 amide bonds. The molecule has 0 heterocycles. The van der Waals surface area contributed by atoms with Crippen LogP contribution >= 0.6 is 20.7 Å². The van der Waals surface area contributed by atoms with Gasteiger partial charge in [0, 0.05) is 5.02 Å². The van der Waals surface area contributed by atoms with Gasteiger partial charge in [-0.05, 0) is 12.1 Å². The van der Waals surface area contributed by atoms with Gasteiger partial charge in [-0.3, -0.25) is 0 Å². The van der Waals surface area contributed by atoms with Crippen molar-refractivity contribution in [1.29, 1.82) is 10.8 Å². The summed E-state index contributed by atoms with van der Waals surface area (Å²) < 4.78 is 8.28. The van der Waals surface area contributed by atoms with Crippen molar-refractivity contribution in [3.63, 3.8) is 0 Å². The third-order valence-electron chi connectivity index (χ3n) is 0.733. The van der Waals surface area contributed by atoms with Crippen molar-refractivity contribution in [2.75, 3.05) is 0 Å². The van der Waals surface area contributed by atoms with Crippen LogP contribution in [0.2, 0.25) is 5.02 Å². The largest absolute Gasteiger partial charge is 0.333 e. The first kappa shape index (κ1) is 19.1. The van der Waals surface area contributed by atoms with Gasteiger partial charge in [0.2, 0.25) is 12.2 Å². The van der Waals surface area contributed by atoms with E-state index in [2.05, 4.69) is 0 Å². The third kappa shape index (κ3) is 32.6. The second-order valence-electron chi connectivity index (χ2n) is 1.50. The van der Waals surface area contributed by atoms with Crippen molar-refractivity contribution in [3.05, 3.63) is 35.4 Å². The number of halogens is 1. The second kappa shape index (κ2) is 22.9. The van der Waals surface area contributed by atoms with Crippen LogP contribution in [0.4, 0.5) is 0 Å². The fourth-order valence-corrected chi connectivity index (χ4v) is 0.560. The zero-order chi connectivity index (χ0) is 12.5. The lowest BCUT2D eigenvalue weighted by Crippen LogP contribution is -1.55. The van der Waals surface area contributed by atoms with Gasteiger partial charge in [-0.25, -0.2) is 20.4 Å². The van der Waals surface area contributed by atoms with Gasteiger partial charge < -0.3 is 4.57 Å². The van der Waals surface area contributed by atoms with Crippen molar-refractivity contribution >= 4 is 32.9 Å². The normalized spacial score (nSPS) is 5.67. The summed E-state index contributed by atoms with van der Waals surface area (Å²) in [6.07, 6.45) is 1.50. The van der Waals surface area contributed by atoms with Crippen LogP contribution in [0.1, 0.15) is 0 Å². The van der Waals surface area contributed by atoms with Crippen LogP contribution in [0.15, 0.2) is 30.3 Å². The average molecular weight is 249 g/mol. The molecule has 0 spiro atoms. The smallest absolute Gasteiger partial charge is 0.231 e. The Labute approximate surface area is 93.7 Å². The van der Waals surface area contributed by atoms with Crippen LogP contribution in [0.25, 0.3) is 0 Å². The van der Waals surface area contributed by atoms with E-state index in [-0.39, 0.29) is 0 Å². The van der Waals surface area contributed by atoms with E-state index in [4.69, 9.17) is 36.6 Å². The maximum Gasteiger partial charge on any atom is 0.231 e. The van der Waals surface area contributed by atoms with Crippen molar-refractivity contribution in [3.8, 4) is 0 Å². The summed E-state index contributed by atoms with van der Waals surface area (Å²) in [6, 6.07) is 9.44. The molecular formula is C8H10ClN2O3P. The Kier molecular flexibility index (Phi) is 29.2. The minimum Gasteiger partial charge on any atom is -0.333 e. The van der Waals surface area contributed by atoms with Gasteiger partial charge in [-0.15, -0.1) is 0 Å². The Bertz CT molecular complexity index is 284. The zero-order valence-electron chi connectivity index (χ0n) is 7.70. The van der Waals surface area contributed by atoms with Crippen molar-refractivity contribution in [2.45, 2.75) is 0 Å². The Morgan fingerprint density at radius 2 is 1.27 bits per heavy atom. The van der Waals surface area contributed by atoms with Gasteiger partial charge in [0.25, 0.3) is 0 Å². The highest BCUT2D eigenvalue weighted by atomic mass is 35.5. The van der Waals surface area contributed by atoms with E-state index >= 15 is 0 Å². The molecule has 0 aliphatic carbocycles. The maximum atomic E-state index is 8.35. The summed E-state index contributed by atoms with van der Waals surface area (Å²) in [6.45, 7) is 0. The minimum atomic E-state index is 0.611. The van der Waals surface area contributed by atoms with E-state index in [1.807, 2.05) is 30.3 Å². The van der Waals surface area contributed by atoms with E-state index in [1.54, 1.807) is 0 Å². The molecule has 0 radical (unpaired) electrons. The molecule has 0 fully saturated rings. The van der Waals surface area contributed by atoms with Crippen LogP contribution in [-0.4, -0.2) is 12.2 Å². The van der Waals surface area contributed by atoms with Crippen LogP contribution in [0, 0.1) is 10.8 Å². The third-order valence-corrected chi connectivity index (χ3v) is 0.985. The molecule has 0 aliphatic rings. The predicted octanol–water partition coefficient (Wildman–Crippen LogP) is 2.08. The van der Waals surface area contributed by atoms with E-state index < -0.39 is 0 Å². The van der Waals surface area contributed by atoms with Gasteiger partial charge in [0.1, 0.15) is 0 Å². The van der Waals surface area contributed by atoms with Gasteiger partial charge in [-0.1, -0.05) is 29.8 Å². The summed E-state index contributed by atoms with van der Waals surface area (Å²) in [5, 5.41) is 11.6. The summed E-state index contributed by atoms with van der Waals surface area (Å²) in [7, 11) is 0.611. The molecule has 1 aromatic rings. The molecule has 1 unspecified atom stereocenters. The standard InChI is InChI=1S/C6H5Cl.2CHNO.H3OP/c7-6-4-2-1-3-5-6;2*2-1-3;1-2/h1-5H;2*2H;2H3. The first-order valence-corrected chi connectivity index (χ1v) is 4.25. The lowest BCUT2D eigenvalue weighted by Gasteiger charge is -1.80. The molecule has 0 bridgehead atoms. The highest BCUT2D eigenvalue weighted by Gasteiger charge is 1.74. The monoisotopic (exact) mass is 248 g/mol. The van der Waals surface area contributed by atoms with Crippen molar-refractivity contribution in [1.82, 2.24) is 0 Å². The topological polar surface area (TPSA) is 98.9 Å². The molecule has 1 atom stereocenters. The van der Waals surface area contributed by atoms with Crippen LogP contribution in [-0.2, 0) is 14.2 Å². The van der Waals surface area contributed by atoms with E-state index in [9.17, 15) is 0 Å². The molecule has 82 valence electrons. The number of hydrogen-bond acceptors (Lipinski definition) is 5. The predicted molar refractivity (Wildman–Crippen MR) is 60.1 cm³/mol. The summed E-state index contributed by atoms with van der Waals surface area (Å²) >= 11 is 5.54. The fourth-order valence-electron chi connectivity index (χ4n) is 0.415. The molecule has 2 N–H and O–H groups in total. The molecule has 0 aliphatic heterocycles. The van der Waals surface area contributed by atoms with Gasteiger partial charge in [0.05, 0.1) is 9.12 Å². The molecule has 5 nitrogen and oxygen atoms in total. The van der Waals surface area contributed by atoms with Gasteiger partial charge in [-0.2, -0.15) is 0 Å².